The van der Waals surface area contributed by atoms with Crippen molar-refractivity contribution in [3.05, 3.63) is 119 Å². The number of hydrogen-bond donors (Lipinski definition) is 2. The highest BCUT2D eigenvalue weighted by atomic mass is 31.1. The van der Waals surface area contributed by atoms with E-state index in [2.05, 4.69) is 31.1 Å². The molecule has 0 bridgehead atoms. The minimum atomic E-state index is -3.49. The van der Waals surface area contributed by atoms with Gasteiger partial charge in [0, 0.05) is 11.8 Å². The predicted octanol–water partition coefficient (Wildman–Crippen LogP) is 3.08. The van der Waals surface area contributed by atoms with Crippen LogP contribution in [-0.2, 0) is 18.3 Å². The first-order chi connectivity index (χ1) is 21.4. The number of benzene rings is 3. The van der Waals surface area contributed by atoms with E-state index in [1.54, 1.807) is 30.3 Å². The van der Waals surface area contributed by atoms with Crippen LogP contribution in [0.1, 0.15) is 43.8 Å². The highest BCUT2D eigenvalue weighted by molar-refractivity contribution is 7.30. The molecule has 45 heavy (non-hydrogen) atoms. The average molecular weight is 648 g/mol. The van der Waals surface area contributed by atoms with Gasteiger partial charge in [-0.2, -0.15) is 4.98 Å². The fraction of sp³-hybridized carbons (Fsp3) is 0.281. The normalized spacial score (nSPS) is 20.5. The van der Waals surface area contributed by atoms with Crippen LogP contribution in [0.2, 0.25) is 5.04 Å². The van der Waals surface area contributed by atoms with Crippen molar-refractivity contribution in [3.63, 3.8) is 0 Å². The Labute approximate surface area is 262 Å². The zero-order valence-electron chi connectivity index (χ0n) is 25.0. The Morgan fingerprint density at radius 2 is 1.60 bits per heavy atom. The number of carbonyl (C=O) groups is 1. The van der Waals surface area contributed by atoms with Crippen molar-refractivity contribution in [2.24, 2.45) is 0 Å². The molecule has 5 rings (SSSR count). The molecule has 1 unspecified atom stereocenters. The Bertz CT molecular complexity index is 1660. The summed E-state index contributed by atoms with van der Waals surface area (Å²) >= 11 is 0. The van der Waals surface area contributed by atoms with E-state index >= 15 is 0 Å². The standard InChI is InChI=1S/C32H34N3O8PSi/c1-31(2,3)45(24-15-9-5-10-16-24,25-17-11-6-12-18-25)41-22-26-32(38,43-44(39)40)21-28(42-26)35-20-19-27(34-30(35)37)33-29(36)23-13-7-4-8-14-23/h4-20,26,28,38H,21-22H2,1-3H3,(H,33,34,36,37)/t26-,28-,32+/m1/s1. The molecule has 13 heteroatoms. The molecule has 1 aromatic heterocycles. The first kappa shape index (κ1) is 32.5. The summed E-state index contributed by atoms with van der Waals surface area (Å²) in [5.41, 5.74) is -0.395. The highest BCUT2D eigenvalue weighted by Crippen LogP contribution is 2.43. The van der Waals surface area contributed by atoms with Gasteiger partial charge in [-0.15, -0.1) is 4.52 Å². The van der Waals surface area contributed by atoms with Crippen LogP contribution in [0.5, 0.6) is 0 Å². The molecule has 2 heterocycles. The number of amides is 1. The molecule has 234 valence electrons. The third-order valence-corrected chi connectivity index (χ3v) is 13.3. The van der Waals surface area contributed by atoms with E-state index in [4.69, 9.17) is 13.7 Å². The van der Waals surface area contributed by atoms with Gasteiger partial charge in [-0.1, -0.05) is 99.6 Å². The first-order valence-electron chi connectivity index (χ1n) is 14.3. The van der Waals surface area contributed by atoms with Gasteiger partial charge in [-0.3, -0.25) is 9.36 Å². The molecule has 4 atom stereocenters. The van der Waals surface area contributed by atoms with E-state index < -0.39 is 57.7 Å². The second-order valence-corrected chi connectivity index (χ2v) is 16.7. The number of carbonyl (C=O) groups excluding carboxylic acids is 1. The van der Waals surface area contributed by atoms with E-state index in [0.29, 0.717) is 5.56 Å². The summed E-state index contributed by atoms with van der Waals surface area (Å²) in [6, 6.07) is 29.5. The molecule has 4 aromatic rings. The molecule has 3 aromatic carbocycles. The molecule has 1 aliphatic heterocycles. The van der Waals surface area contributed by atoms with Crippen LogP contribution < -0.4 is 26.3 Å². The van der Waals surface area contributed by atoms with Crippen molar-refractivity contribution in [1.29, 1.82) is 0 Å². The fourth-order valence-corrected chi connectivity index (χ4v) is 10.7. The number of aliphatic hydroxyl groups is 1. The molecular weight excluding hydrogens is 613 g/mol. The van der Waals surface area contributed by atoms with E-state index in [9.17, 15) is 24.2 Å². The van der Waals surface area contributed by atoms with Crippen molar-refractivity contribution in [3.8, 4) is 0 Å². The summed E-state index contributed by atoms with van der Waals surface area (Å²) in [6.07, 6.45) is -1.48. The third kappa shape index (κ3) is 6.87. The monoisotopic (exact) mass is 647 g/mol. The minimum Gasteiger partial charge on any atom is -0.566 e. The van der Waals surface area contributed by atoms with Crippen LogP contribution in [0.15, 0.2) is 108 Å². The number of anilines is 1. The van der Waals surface area contributed by atoms with Gasteiger partial charge in [0.05, 0.1) is 13.0 Å². The van der Waals surface area contributed by atoms with Gasteiger partial charge in [0.2, 0.25) is 0 Å². The Morgan fingerprint density at radius 1 is 1.04 bits per heavy atom. The second-order valence-electron chi connectivity index (χ2n) is 11.7. The smallest absolute Gasteiger partial charge is 0.491 e. The van der Waals surface area contributed by atoms with E-state index in [1.165, 1.54) is 12.3 Å². The number of nitrogens with one attached hydrogen (secondary N) is 1. The summed E-state index contributed by atoms with van der Waals surface area (Å²) in [5, 5.41) is 15.6. The van der Waals surface area contributed by atoms with Crippen LogP contribution in [0.25, 0.3) is 0 Å². The molecular formula is C32H34N3O8PSi. The second kappa shape index (κ2) is 13.2. The van der Waals surface area contributed by atoms with Gasteiger partial charge in [-0.05, 0) is 38.2 Å². The predicted molar refractivity (Wildman–Crippen MR) is 169 cm³/mol. The molecule has 2 N–H and O–H groups in total. The summed E-state index contributed by atoms with van der Waals surface area (Å²) in [7, 11) is -6.59. The lowest BCUT2D eigenvalue weighted by Crippen LogP contribution is -2.67. The van der Waals surface area contributed by atoms with Gasteiger partial charge in [0.15, 0.2) is 0 Å². The molecule has 0 aliphatic carbocycles. The lowest BCUT2D eigenvalue weighted by atomic mass is 10.1. The SMILES string of the molecule is CC(C)(C)[Si](OC[C@H]1O[C@@H](n2ccc(NC(=O)c3ccccc3)nc2=O)C[C@]1(O)O[P+](=O)[O-])(c1ccccc1)c1ccccc1. The van der Waals surface area contributed by atoms with Crippen LogP contribution in [0, 0.1) is 0 Å². The quantitative estimate of drug-likeness (QED) is 0.150. The maximum absolute atomic E-state index is 13.1. The number of rotatable bonds is 10. The van der Waals surface area contributed by atoms with E-state index in [0.717, 1.165) is 14.9 Å². The molecule has 11 nitrogen and oxygen atoms in total. The van der Waals surface area contributed by atoms with Gasteiger partial charge < -0.3 is 24.5 Å². The van der Waals surface area contributed by atoms with Crippen LogP contribution in [-0.4, -0.2) is 47.4 Å². The van der Waals surface area contributed by atoms with Gasteiger partial charge in [-0.25, -0.2) is 4.79 Å². The summed E-state index contributed by atoms with van der Waals surface area (Å²) in [6.45, 7) is 6.01. The Morgan fingerprint density at radius 3 is 2.11 bits per heavy atom. The Hall–Kier alpha value is -3.87. The lowest BCUT2D eigenvalue weighted by Gasteiger charge is -2.43. The molecule has 0 spiro atoms. The molecule has 1 fully saturated rings. The fourth-order valence-electron chi connectivity index (χ4n) is 5.73. The summed E-state index contributed by atoms with van der Waals surface area (Å²) in [5.74, 6) is -2.76. The molecule has 1 amide bonds. The van der Waals surface area contributed by atoms with Crippen LogP contribution in [0.3, 0.4) is 0 Å². The van der Waals surface area contributed by atoms with Gasteiger partial charge >= 0.3 is 13.9 Å². The Kier molecular flexibility index (Phi) is 9.56. The molecule has 0 saturated carbocycles. The average Bonchev–Trinajstić information content (AvgIpc) is 3.33. The van der Waals surface area contributed by atoms with Crippen molar-refractivity contribution >= 4 is 38.7 Å². The van der Waals surface area contributed by atoms with Gasteiger partial charge in [0.1, 0.15) is 18.1 Å². The van der Waals surface area contributed by atoms with E-state index in [-0.39, 0.29) is 12.4 Å². The zero-order chi connectivity index (χ0) is 32.2. The zero-order valence-corrected chi connectivity index (χ0v) is 26.9. The topological polar surface area (TPSA) is 152 Å². The number of ether oxygens (including phenoxy) is 1. The van der Waals surface area contributed by atoms with Crippen LogP contribution >= 0.6 is 8.25 Å². The van der Waals surface area contributed by atoms with E-state index in [1.807, 2.05) is 60.7 Å². The third-order valence-electron chi connectivity index (χ3n) is 7.81. The largest absolute Gasteiger partial charge is 0.566 e. The van der Waals surface area contributed by atoms with Crippen molar-refractivity contribution < 1.29 is 33.0 Å². The number of nitrogens with zero attached hydrogens (tertiary/aromatic N) is 2. The van der Waals surface area contributed by atoms with Crippen molar-refractivity contribution in [2.75, 3.05) is 11.9 Å². The number of aromatic nitrogens is 2. The minimum absolute atomic E-state index is 0.0174. The maximum atomic E-state index is 13.1. The van der Waals surface area contributed by atoms with Crippen LogP contribution in [0.4, 0.5) is 5.82 Å². The molecule has 0 radical (unpaired) electrons. The molecule has 1 aliphatic rings. The first-order valence-corrected chi connectivity index (χ1v) is 17.4. The van der Waals surface area contributed by atoms with Gasteiger partial charge in [0.25, 0.3) is 20.0 Å². The van der Waals surface area contributed by atoms with Crippen molar-refractivity contribution in [2.45, 2.75) is 50.3 Å². The van der Waals surface area contributed by atoms with Crippen molar-refractivity contribution in [1.82, 2.24) is 9.55 Å². The summed E-state index contributed by atoms with van der Waals surface area (Å²) < 4.78 is 30.8. The summed E-state index contributed by atoms with van der Waals surface area (Å²) in [4.78, 5) is 41.3. The maximum Gasteiger partial charge on any atom is 0.491 e. The lowest BCUT2D eigenvalue weighted by molar-refractivity contribution is -0.239. The Balaban J connectivity index is 1.44. The highest BCUT2D eigenvalue weighted by Gasteiger charge is 2.57. The molecule has 1 saturated heterocycles. The number of hydrogen-bond acceptors (Lipinski definition) is 9.